The fraction of sp³-hybridized carbons (Fsp3) is 0.333. The van der Waals surface area contributed by atoms with Crippen molar-refractivity contribution in [1.29, 1.82) is 0 Å². The van der Waals surface area contributed by atoms with Crippen molar-refractivity contribution in [3.8, 4) is 11.3 Å². The molecule has 0 aliphatic carbocycles. The summed E-state index contributed by atoms with van der Waals surface area (Å²) >= 11 is 0. The molecule has 0 radical (unpaired) electrons. The molecule has 4 aromatic rings. The zero-order valence-corrected chi connectivity index (χ0v) is 21.8. The first-order chi connectivity index (χ1) is 19.1. The topological polar surface area (TPSA) is 83.9 Å². The first-order valence-corrected chi connectivity index (χ1v) is 13.2. The number of anilines is 1. The summed E-state index contributed by atoms with van der Waals surface area (Å²) in [5.41, 5.74) is 5.19. The second-order valence-corrected chi connectivity index (χ2v) is 10.8. The number of aromatic nitrogens is 2. The van der Waals surface area contributed by atoms with Crippen molar-refractivity contribution >= 4 is 17.1 Å². The van der Waals surface area contributed by atoms with Gasteiger partial charge >= 0.3 is 0 Å². The number of carbonyl (C=O) groups excluding carboxylic acids is 1. The molecule has 10 heteroatoms. The van der Waals surface area contributed by atoms with Crippen molar-refractivity contribution in [2.45, 2.75) is 56.6 Å². The molecule has 0 saturated carbocycles. The van der Waals surface area contributed by atoms with E-state index in [9.17, 15) is 18.7 Å². The molecule has 208 valence electrons. The number of fused-ring (bicyclic) bond motifs is 2. The molecule has 3 atom stereocenters. The zero-order chi connectivity index (χ0) is 28.3. The van der Waals surface area contributed by atoms with Gasteiger partial charge in [0.25, 0.3) is 6.43 Å². The van der Waals surface area contributed by atoms with Crippen LogP contribution in [-0.2, 0) is 10.4 Å². The number of carbonyl (C=O) groups is 1. The lowest BCUT2D eigenvalue weighted by Gasteiger charge is -2.34. The van der Waals surface area contributed by atoms with Crippen LogP contribution in [0.25, 0.3) is 16.8 Å². The SMILES string of the molecule is CC(O)(c1cccc(C(F)F)c1)c1ccc(-c2nc([C@@H]3CC[C@H]4CCC(=O)N4C3)n3c(F)ccc(N)c23)c(F)c1. The van der Waals surface area contributed by atoms with Gasteiger partial charge in [-0.2, -0.15) is 4.39 Å². The Morgan fingerprint density at radius 1 is 1.05 bits per heavy atom. The van der Waals surface area contributed by atoms with Gasteiger partial charge in [-0.15, -0.1) is 0 Å². The number of nitrogens with two attached hydrogens (primary N) is 1. The number of nitrogen functional groups attached to an aromatic ring is 1. The maximum Gasteiger partial charge on any atom is 0.263 e. The highest BCUT2D eigenvalue weighted by atomic mass is 19.3. The number of imidazole rings is 1. The fourth-order valence-corrected chi connectivity index (χ4v) is 6.12. The first kappa shape index (κ1) is 26.3. The van der Waals surface area contributed by atoms with Crippen molar-refractivity contribution in [2.75, 3.05) is 12.3 Å². The molecule has 3 N–H and O–H groups in total. The van der Waals surface area contributed by atoms with E-state index in [0.717, 1.165) is 18.9 Å². The maximum absolute atomic E-state index is 15.8. The van der Waals surface area contributed by atoms with Crippen LogP contribution in [0.15, 0.2) is 54.6 Å². The van der Waals surface area contributed by atoms with Crippen molar-refractivity contribution in [3.05, 3.63) is 88.9 Å². The minimum absolute atomic E-state index is 0.0489. The molecule has 2 saturated heterocycles. The Bertz CT molecular complexity index is 1630. The Labute approximate surface area is 228 Å². The van der Waals surface area contributed by atoms with Crippen LogP contribution in [0.1, 0.15) is 67.5 Å². The van der Waals surface area contributed by atoms with E-state index in [1.807, 2.05) is 4.90 Å². The summed E-state index contributed by atoms with van der Waals surface area (Å²) in [7, 11) is 0. The lowest BCUT2D eigenvalue weighted by molar-refractivity contribution is -0.130. The summed E-state index contributed by atoms with van der Waals surface area (Å²) in [5, 5.41) is 11.2. The van der Waals surface area contributed by atoms with Crippen molar-refractivity contribution in [1.82, 2.24) is 14.3 Å². The van der Waals surface area contributed by atoms with E-state index >= 15 is 8.78 Å². The van der Waals surface area contributed by atoms with E-state index < -0.39 is 23.8 Å². The maximum atomic E-state index is 15.8. The van der Waals surface area contributed by atoms with Gasteiger partial charge in [0.05, 0.1) is 11.2 Å². The van der Waals surface area contributed by atoms with Gasteiger partial charge in [-0.1, -0.05) is 24.3 Å². The van der Waals surface area contributed by atoms with Crippen LogP contribution >= 0.6 is 0 Å². The Balaban J connectivity index is 1.43. The highest BCUT2D eigenvalue weighted by molar-refractivity contribution is 5.87. The highest BCUT2D eigenvalue weighted by Crippen LogP contribution is 2.40. The van der Waals surface area contributed by atoms with E-state index in [4.69, 9.17) is 10.7 Å². The number of amides is 1. The third kappa shape index (κ3) is 4.21. The molecule has 0 spiro atoms. The lowest BCUT2D eigenvalue weighted by Crippen LogP contribution is -2.41. The summed E-state index contributed by atoms with van der Waals surface area (Å²) in [4.78, 5) is 18.9. The normalized spacial score (nSPS) is 20.8. The number of rotatable bonds is 5. The smallest absolute Gasteiger partial charge is 0.263 e. The molecule has 40 heavy (non-hydrogen) atoms. The molecule has 2 aromatic heterocycles. The van der Waals surface area contributed by atoms with Crippen LogP contribution in [0.3, 0.4) is 0 Å². The van der Waals surface area contributed by atoms with Crippen molar-refractivity contribution < 1.29 is 27.5 Å². The molecule has 2 aromatic carbocycles. The molecule has 6 rings (SSSR count). The van der Waals surface area contributed by atoms with E-state index in [0.29, 0.717) is 25.2 Å². The number of hydrogen-bond donors (Lipinski definition) is 2. The minimum Gasteiger partial charge on any atom is -0.397 e. The van der Waals surface area contributed by atoms with E-state index in [-0.39, 0.29) is 57.0 Å². The number of benzene rings is 2. The van der Waals surface area contributed by atoms with Crippen LogP contribution in [0.2, 0.25) is 0 Å². The first-order valence-electron chi connectivity index (χ1n) is 13.2. The number of nitrogens with zero attached hydrogens (tertiary/aromatic N) is 3. The second-order valence-electron chi connectivity index (χ2n) is 10.8. The second kappa shape index (κ2) is 9.62. The van der Waals surface area contributed by atoms with E-state index in [2.05, 4.69) is 0 Å². The van der Waals surface area contributed by atoms with Crippen LogP contribution in [-0.4, -0.2) is 37.9 Å². The minimum atomic E-state index is -2.72. The molecule has 6 nitrogen and oxygen atoms in total. The third-order valence-electron chi connectivity index (χ3n) is 8.36. The van der Waals surface area contributed by atoms with Crippen LogP contribution < -0.4 is 5.73 Å². The van der Waals surface area contributed by atoms with Crippen LogP contribution in [0.5, 0.6) is 0 Å². The van der Waals surface area contributed by atoms with Gasteiger partial charge in [0.1, 0.15) is 22.9 Å². The van der Waals surface area contributed by atoms with E-state index in [1.54, 1.807) is 0 Å². The highest BCUT2D eigenvalue weighted by Gasteiger charge is 2.39. The number of alkyl halides is 2. The largest absolute Gasteiger partial charge is 0.397 e. The van der Waals surface area contributed by atoms with Crippen molar-refractivity contribution in [3.63, 3.8) is 0 Å². The molecule has 4 heterocycles. The number of piperidine rings is 1. The Morgan fingerprint density at radius 2 is 1.82 bits per heavy atom. The Morgan fingerprint density at radius 3 is 2.58 bits per heavy atom. The molecule has 1 amide bonds. The molecule has 2 aliphatic heterocycles. The molecule has 0 bridgehead atoms. The average molecular weight is 553 g/mol. The predicted octanol–water partition coefficient (Wildman–Crippen LogP) is 5.92. The van der Waals surface area contributed by atoms with Gasteiger partial charge in [-0.25, -0.2) is 18.2 Å². The van der Waals surface area contributed by atoms with Gasteiger partial charge < -0.3 is 15.7 Å². The predicted molar refractivity (Wildman–Crippen MR) is 142 cm³/mol. The summed E-state index contributed by atoms with van der Waals surface area (Å²) in [6.07, 6.45) is 0.0650. The van der Waals surface area contributed by atoms with Gasteiger partial charge in [0.15, 0.2) is 5.95 Å². The quantitative estimate of drug-likeness (QED) is 0.238. The summed E-state index contributed by atoms with van der Waals surface area (Å²) in [5.74, 6) is -1.17. The molecule has 1 unspecified atom stereocenters. The number of halogens is 4. The monoisotopic (exact) mass is 552 g/mol. The summed E-state index contributed by atoms with van der Waals surface area (Å²) in [6.45, 7) is 1.80. The molecule has 2 fully saturated rings. The van der Waals surface area contributed by atoms with E-state index in [1.165, 1.54) is 59.9 Å². The number of pyridine rings is 1. The van der Waals surface area contributed by atoms with Gasteiger partial charge in [-0.05, 0) is 67.6 Å². The summed E-state index contributed by atoms with van der Waals surface area (Å²) < 4.78 is 58.8. The van der Waals surface area contributed by atoms with Gasteiger partial charge in [0, 0.05) is 36.1 Å². The summed E-state index contributed by atoms with van der Waals surface area (Å²) in [6, 6.07) is 12.2. The standard InChI is InChI=1S/C30H28F4N4O2/c1-30(40,18-4-2-3-16(13-18)28(33)34)19-6-9-21(22(31)14-19)26-27-23(35)10-11-24(32)38(27)29(36-26)17-5-7-20-8-12-25(39)37(20)15-17/h2-4,6,9-11,13-14,17,20,28,40H,5,7-8,12,15,35H2,1H3/t17-,20+,30?/m1/s1. The zero-order valence-electron chi connectivity index (χ0n) is 21.8. The van der Waals surface area contributed by atoms with Crippen molar-refractivity contribution in [2.24, 2.45) is 0 Å². The van der Waals surface area contributed by atoms with Crippen LogP contribution in [0, 0.1) is 11.8 Å². The van der Waals surface area contributed by atoms with Gasteiger partial charge in [0.2, 0.25) is 5.91 Å². The van der Waals surface area contributed by atoms with Gasteiger partial charge in [-0.3, -0.25) is 9.20 Å². The average Bonchev–Trinajstić information content (AvgIpc) is 3.52. The third-order valence-corrected chi connectivity index (χ3v) is 8.36. The van der Waals surface area contributed by atoms with Crippen LogP contribution in [0.4, 0.5) is 23.2 Å². The Kier molecular flexibility index (Phi) is 6.33. The fourth-order valence-electron chi connectivity index (χ4n) is 6.12. The Hall–Kier alpha value is -3.92. The number of aliphatic hydroxyl groups is 1. The molecular weight excluding hydrogens is 524 g/mol. The molecule has 2 aliphatic rings. The lowest BCUT2D eigenvalue weighted by atomic mass is 9.86. The molecular formula is C30H28F4N4O2. The number of hydrogen-bond acceptors (Lipinski definition) is 4.